The molecule has 2 bridgehead atoms. The molecule has 3 saturated carbocycles. The summed E-state index contributed by atoms with van der Waals surface area (Å²) >= 11 is 0. The molecule has 0 aromatic carbocycles. The molecule has 6 atom stereocenters. The molecule has 0 aromatic rings. The zero-order chi connectivity index (χ0) is 12.4. The molecule has 5 nitrogen and oxygen atoms in total. The molecule has 0 spiro atoms. The summed E-state index contributed by atoms with van der Waals surface area (Å²) in [5.74, 6) is -0.390. The van der Waals surface area contributed by atoms with Crippen LogP contribution in [-0.4, -0.2) is 37.4 Å². The van der Waals surface area contributed by atoms with Crippen LogP contribution in [0.15, 0.2) is 0 Å². The summed E-state index contributed by atoms with van der Waals surface area (Å²) in [6.07, 6.45) is 0. The quantitative estimate of drug-likeness (QED) is 0.640. The van der Waals surface area contributed by atoms with Crippen molar-refractivity contribution in [3.63, 3.8) is 0 Å². The molecule has 0 amide bonds. The number of rotatable bonds is 2. The third-order valence-electron chi connectivity index (χ3n) is 5.91. The molecule has 3 unspecified atom stereocenters. The van der Waals surface area contributed by atoms with Gasteiger partial charge in [-0.15, -0.1) is 0 Å². The van der Waals surface area contributed by atoms with E-state index in [-0.39, 0.29) is 23.8 Å². The zero-order valence-electron chi connectivity index (χ0n) is 10.2. The maximum atomic E-state index is 12.1. The van der Waals surface area contributed by atoms with Crippen molar-refractivity contribution in [2.75, 3.05) is 14.2 Å². The van der Waals surface area contributed by atoms with Gasteiger partial charge < -0.3 is 14.2 Å². The van der Waals surface area contributed by atoms with Gasteiger partial charge in [-0.25, -0.2) is 0 Å². The topological polar surface area (TPSA) is 61.8 Å². The standard InChI is InChI=1S/C12H14O5/c1-9-5-6-10(2,17-9)12(6,8(14)16-4)11(5,9)7(13)15-3/h5-6H,1-4H3/t5?,6?,9-,10+,11+,12?/m0/s1. The molecule has 0 N–H and O–H groups in total. The zero-order valence-corrected chi connectivity index (χ0v) is 10.2. The largest absolute Gasteiger partial charge is 0.468 e. The molecule has 2 heterocycles. The normalized spacial score (nSPS) is 63.3. The molecule has 2 aliphatic heterocycles. The smallest absolute Gasteiger partial charge is 0.316 e. The van der Waals surface area contributed by atoms with Crippen molar-refractivity contribution >= 4 is 11.9 Å². The molecule has 92 valence electrons. The van der Waals surface area contributed by atoms with E-state index < -0.39 is 22.0 Å². The van der Waals surface area contributed by atoms with E-state index in [1.165, 1.54) is 14.2 Å². The summed E-state index contributed by atoms with van der Waals surface area (Å²) in [5.41, 5.74) is -2.59. The molecule has 0 radical (unpaired) electrons. The first kappa shape index (κ1) is 9.88. The van der Waals surface area contributed by atoms with Crippen molar-refractivity contribution in [2.45, 2.75) is 25.0 Å². The van der Waals surface area contributed by atoms with Crippen LogP contribution in [0, 0.1) is 22.7 Å². The van der Waals surface area contributed by atoms with Crippen LogP contribution in [0.4, 0.5) is 0 Å². The van der Waals surface area contributed by atoms with Crippen molar-refractivity contribution < 1.29 is 23.8 Å². The number of carbonyl (C=O) groups is 2. The van der Waals surface area contributed by atoms with Crippen LogP contribution in [0.3, 0.4) is 0 Å². The summed E-state index contributed by atoms with van der Waals surface area (Å²) in [4.78, 5) is 24.2. The van der Waals surface area contributed by atoms with E-state index in [1.807, 2.05) is 13.8 Å². The van der Waals surface area contributed by atoms with E-state index in [1.54, 1.807) is 0 Å². The first-order chi connectivity index (χ1) is 7.91. The van der Waals surface area contributed by atoms with Gasteiger partial charge in [0.2, 0.25) is 0 Å². The highest BCUT2D eigenvalue weighted by molar-refractivity contribution is 6.04. The molecule has 3 aliphatic carbocycles. The first-order valence-corrected chi connectivity index (χ1v) is 5.78. The van der Waals surface area contributed by atoms with Crippen molar-refractivity contribution in [2.24, 2.45) is 22.7 Å². The van der Waals surface area contributed by atoms with Crippen LogP contribution in [0.2, 0.25) is 0 Å². The highest BCUT2D eigenvalue weighted by atomic mass is 16.6. The van der Waals surface area contributed by atoms with E-state index in [9.17, 15) is 9.59 Å². The van der Waals surface area contributed by atoms with Crippen LogP contribution in [0.1, 0.15) is 13.8 Å². The lowest BCUT2D eigenvalue weighted by atomic mass is 9.71. The highest BCUT2D eigenvalue weighted by Crippen LogP contribution is 3.07. The maximum Gasteiger partial charge on any atom is 0.316 e. The average molecular weight is 238 g/mol. The number of hydrogen-bond donors (Lipinski definition) is 0. The van der Waals surface area contributed by atoms with Gasteiger partial charge in [-0.1, -0.05) is 0 Å². The minimum absolute atomic E-state index is 0.131. The van der Waals surface area contributed by atoms with Crippen LogP contribution in [-0.2, 0) is 23.8 Å². The van der Waals surface area contributed by atoms with Gasteiger partial charge >= 0.3 is 11.9 Å². The fourth-order valence-electron chi connectivity index (χ4n) is 5.60. The molecule has 5 fully saturated rings. The Hall–Kier alpha value is -1.10. The Kier molecular flexibility index (Phi) is 1.17. The monoisotopic (exact) mass is 238 g/mol. The third kappa shape index (κ3) is 0.480. The van der Waals surface area contributed by atoms with Gasteiger partial charge in [-0.05, 0) is 13.8 Å². The van der Waals surface area contributed by atoms with Crippen molar-refractivity contribution in [1.29, 1.82) is 0 Å². The third-order valence-corrected chi connectivity index (χ3v) is 5.91. The number of ether oxygens (including phenoxy) is 3. The molecule has 5 aliphatic rings. The van der Waals surface area contributed by atoms with Crippen molar-refractivity contribution in [3.8, 4) is 0 Å². The van der Waals surface area contributed by atoms with Gasteiger partial charge in [-0.2, -0.15) is 0 Å². The molecular weight excluding hydrogens is 224 g/mol. The Bertz CT molecular complexity index is 457. The van der Waals surface area contributed by atoms with Crippen molar-refractivity contribution in [1.82, 2.24) is 0 Å². The number of esters is 2. The molecular formula is C12H14O5. The minimum atomic E-state index is -0.777. The lowest BCUT2D eigenvalue weighted by molar-refractivity contribution is -0.169. The van der Waals surface area contributed by atoms with E-state index in [0.29, 0.717) is 0 Å². The summed E-state index contributed by atoms with van der Waals surface area (Å²) < 4.78 is 15.8. The van der Waals surface area contributed by atoms with Crippen LogP contribution >= 0.6 is 0 Å². The summed E-state index contributed by atoms with van der Waals surface area (Å²) in [5, 5.41) is 0. The van der Waals surface area contributed by atoms with Crippen LogP contribution in [0.5, 0.6) is 0 Å². The predicted molar refractivity (Wildman–Crippen MR) is 53.8 cm³/mol. The lowest BCUT2D eigenvalue weighted by Crippen LogP contribution is -2.46. The van der Waals surface area contributed by atoms with E-state index in [2.05, 4.69) is 0 Å². The predicted octanol–water partition coefficient (Wildman–Crippen LogP) is 0.126. The molecule has 5 heteroatoms. The fraction of sp³-hybridized carbons (Fsp3) is 0.833. The van der Waals surface area contributed by atoms with Gasteiger partial charge in [0.15, 0.2) is 0 Å². The molecule has 0 aromatic heterocycles. The summed E-state index contributed by atoms with van der Waals surface area (Å²) in [7, 11) is 2.71. The fourth-order valence-corrected chi connectivity index (χ4v) is 5.60. The minimum Gasteiger partial charge on any atom is -0.468 e. The second-order valence-electron chi connectivity index (χ2n) is 5.87. The maximum absolute atomic E-state index is 12.1. The Balaban J connectivity index is 1.90. The van der Waals surface area contributed by atoms with Gasteiger partial charge in [0.1, 0.15) is 10.8 Å². The van der Waals surface area contributed by atoms with Crippen LogP contribution < -0.4 is 0 Å². The second-order valence-corrected chi connectivity index (χ2v) is 5.87. The van der Waals surface area contributed by atoms with Gasteiger partial charge in [0.25, 0.3) is 0 Å². The van der Waals surface area contributed by atoms with Crippen molar-refractivity contribution in [3.05, 3.63) is 0 Å². The Labute approximate surface area is 98.4 Å². The average Bonchev–Trinajstić information content (AvgIpc) is 2.79. The number of methoxy groups -OCH3 is 2. The second kappa shape index (κ2) is 2.00. The van der Waals surface area contributed by atoms with Crippen LogP contribution in [0.25, 0.3) is 0 Å². The Morgan fingerprint density at radius 1 is 0.941 bits per heavy atom. The number of hydrogen-bond acceptors (Lipinski definition) is 5. The first-order valence-electron chi connectivity index (χ1n) is 5.78. The Morgan fingerprint density at radius 3 is 1.53 bits per heavy atom. The SMILES string of the molecule is COC(=O)C12C3C4[C@](C)(O[C@]31C)[C@]42C(=O)OC. The highest BCUT2D eigenvalue weighted by Gasteiger charge is 3.20. The van der Waals surface area contributed by atoms with E-state index in [0.717, 1.165) is 0 Å². The molecule has 5 rings (SSSR count). The number of carbonyl (C=O) groups excluding carboxylic acids is 2. The van der Waals surface area contributed by atoms with E-state index in [4.69, 9.17) is 14.2 Å². The van der Waals surface area contributed by atoms with Gasteiger partial charge in [0.05, 0.1) is 25.4 Å². The Morgan fingerprint density at radius 2 is 1.29 bits per heavy atom. The van der Waals surface area contributed by atoms with Gasteiger partial charge in [-0.3, -0.25) is 9.59 Å². The molecule has 17 heavy (non-hydrogen) atoms. The molecule has 2 saturated heterocycles. The summed E-state index contributed by atoms with van der Waals surface area (Å²) in [6.45, 7) is 3.81. The lowest BCUT2D eigenvalue weighted by Gasteiger charge is -2.29. The van der Waals surface area contributed by atoms with Gasteiger partial charge in [0, 0.05) is 11.8 Å². The van der Waals surface area contributed by atoms with E-state index >= 15 is 0 Å². The summed E-state index contributed by atoms with van der Waals surface area (Å²) in [6, 6.07) is 0.